The molecule has 1 heterocycles. The third-order valence-corrected chi connectivity index (χ3v) is 3.35. The van der Waals surface area contributed by atoms with Crippen molar-refractivity contribution in [1.29, 1.82) is 0 Å². The number of aryl methyl sites for hydroxylation is 1. The molecule has 24 heavy (non-hydrogen) atoms. The molecule has 0 radical (unpaired) electrons. The SMILES string of the molecule is Cc1ccc(C(=O)Nc2cccc(C(=O)Nn3cnnc3)c2)cc1. The van der Waals surface area contributed by atoms with Crippen molar-refractivity contribution in [3.05, 3.63) is 77.9 Å². The van der Waals surface area contributed by atoms with Gasteiger partial charge in [-0.15, -0.1) is 10.2 Å². The molecule has 7 nitrogen and oxygen atoms in total. The van der Waals surface area contributed by atoms with Crippen LogP contribution >= 0.6 is 0 Å². The minimum Gasteiger partial charge on any atom is -0.322 e. The fourth-order valence-electron chi connectivity index (χ4n) is 2.09. The molecule has 0 saturated carbocycles. The van der Waals surface area contributed by atoms with Crippen molar-refractivity contribution in [3.63, 3.8) is 0 Å². The van der Waals surface area contributed by atoms with Crippen LogP contribution in [0.25, 0.3) is 0 Å². The average molecular weight is 321 g/mol. The highest BCUT2D eigenvalue weighted by Gasteiger charge is 2.09. The summed E-state index contributed by atoms with van der Waals surface area (Å²) in [5, 5.41) is 9.99. The standard InChI is InChI=1S/C17H15N5O2/c1-12-5-7-13(8-6-12)16(23)20-15-4-2-3-14(9-15)17(24)21-22-10-18-19-11-22/h2-11H,1H3,(H,20,23)(H,21,24). The molecule has 120 valence electrons. The molecule has 0 spiro atoms. The Kier molecular flexibility index (Phi) is 4.33. The van der Waals surface area contributed by atoms with Crippen molar-refractivity contribution >= 4 is 17.5 Å². The molecule has 7 heteroatoms. The lowest BCUT2D eigenvalue weighted by Gasteiger charge is -2.08. The van der Waals surface area contributed by atoms with Crippen LogP contribution in [0.3, 0.4) is 0 Å². The van der Waals surface area contributed by atoms with Gasteiger partial charge in [-0.2, -0.15) is 0 Å². The maximum Gasteiger partial charge on any atom is 0.270 e. The minimum absolute atomic E-state index is 0.230. The molecule has 2 amide bonds. The molecule has 0 aliphatic carbocycles. The minimum atomic E-state index is -0.332. The Morgan fingerprint density at radius 2 is 1.62 bits per heavy atom. The third kappa shape index (κ3) is 3.64. The van der Waals surface area contributed by atoms with Crippen LogP contribution in [0, 0.1) is 6.92 Å². The lowest BCUT2D eigenvalue weighted by atomic mass is 10.1. The van der Waals surface area contributed by atoms with E-state index >= 15 is 0 Å². The summed E-state index contributed by atoms with van der Waals surface area (Å²) in [5.41, 5.74) is 5.18. The zero-order valence-electron chi connectivity index (χ0n) is 12.9. The lowest BCUT2D eigenvalue weighted by molar-refractivity contribution is 0.100. The Bertz CT molecular complexity index is 857. The molecule has 0 bridgehead atoms. The van der Waals surface area contributed by atoms with E-state index in [1.165, 1.54) is 17.3 Å². The van der Waals surface area contributed by atoms with Crippen LogP contribution in [0.5, 0.6) is 0 Å². The van der Waals surface area contributed by atoms with Gasteiger partial charge < -0.3 is 5.32 Å². The van der Waals surface area contributed by atoms with Crippen molar-refractivity contribution in [1.82, 2.24) is 14.9 Å². The third-order valence-electron chi connectivity index (χ3n) is 3.35. The maximum absolute atomic E-state index is 12.2. The largest absolute Gasteiger partial charge is 0.322 e. The van der Waals surface area contributed by atoms with Crippen LogP contribution in [-0.2, 0) is 0 Å². The van der Waals surface area contributed by atoms with Crippen LogP contribution in [0.4, 0.5) is 5.69 Å². The van der Waals surface area contributed by atoms with Crippen LogP contribution in [0.1, 0.15) is 26.3 Å². The van der Waals surface area contributed by atoms with Gasteiger partial charge in [-0.1, -0.05) is 23.8 Å². The zero-order valence-corrected chi connectivity index (χ0v) is 12.9. The number of hydrogen-bond acceptors (Lipinski definition) is 4. The van der Waals surface area contributed by atoms with E-state index in [9.17, 15) is 9.59 Å². The summed E-state index contributed by atoms with van der Waals surface area (Å²) < 4.78 is 1.35. The Hall–Kier alpha value is -3.48. The second-order valence-corrected chi connectivity index (χ2v) is 5.21. The highest BCUT2D eigenvalue weighted by Crippen LogP contribution is 2.13. The molecule has 2 aromatic carbocycles. The number of aromatic nitrogens is 3. The molecule has 1 aromatic heterocycles. The molecule has 0 unspecified atom stereocenters. The van der Waals surface area contributed by atoms with E-state index in [0.29, 0.717) is 16.8 Å². The van der Waals surface area contributed by atoms with E-state index in [1.54, 1.807) is 36.4 Å². The van der Waals surface area contributed by atoms with Gasteiger partial charge in [0.05, 0.1) is 0 Å². The number of carbonyl (C=O) groups is 2. The first-order valence-electron chi connectivity index (χ1n) is 7.26. The summed E-state index contributed by atoms with van der Waals surface area (Å²) in [6.45, 7) is 1.96. The number of hydrogen-bond donors (Lipinski definition) is 2. The molecule has 0 aliphatic heterocycles. The van der Waals surface area contributed by atoms with Gasteiger partial charge >= 0.3 is 0 Å². The second kappa shape index (κ2) is 6.74. The molecule has 0 atom stereocenters. The van der Waals surface area contributed by atoms with E-state index in [2.05, 4.69) is 20.9 Å². The van der Waals surface area contributed by atoms with Gasteiger partial charge in [-0.3, -0.25) is 15.0 Å². The molecular formula is C17H15N5O2. The summed E-state index contributed by atoms with van der Waals surface area (Å²) in [4.78, 5) is 24.4. The predicted octanol–water partition coefficient (Wildman–Crippen LogP) is 2.22. The topological polar surface area (TPSA) is 88.9 Å². The van der Waals surface area contributed by atoms with E-state index in [4.69, 9.17) is 0 Å². The number of benzene rings is 2. The maximum atomic E-state index is 12.2. The first kappa shape index (κ1) is 15.4. The number of nitrogens with zero attached hydrogens (tertiary/aromatic N) is 3. The zero-order chi connectivity index (χ0) is 16.9. The predicted molar refractivity (Wildman–Crippen MR) is 89.3 cm³/mol. The summed E-state index contributed by atoms with van der Waals surface area (Å²) in [6, 6.07) is 13.9. The van der Waals surface area contributed by atoms with E-state index in [0.717, 1.165) is 5.56 Å². The molecule has 2 N–H and O–H groups in total. The average Bonchev–Trinajstić information content (AvgIpc) is 3.08. The molecule has 0 aliphatic rings. The lowest BCUT2D eigenvalue weighted by Crippen LogP contribution is -2.21. The van der Waals surface area contributed by atoms with E-state index in [-0.39, 0.29) is 11.8 Å². The first-order chi connectivity index (χ1) is 11.6. The van der Waals surface area contributed by atoms with Crippen LogP contribution in [-0.4, -0.2) is 26.7 Å². The van der Waals surface area contributed by atoms with Gasteiger partial charge in [-0.05, 0) is 37.3 Å². The number of rotatable bonds is 4. The van der Waals surface area contributed by atoms with Crippen molar-refractivity contribution < 1.29 is 9.59 Å². The van der Waals surface area contributed by atoms with Gasteiger partial charge in [0, 0.05) is 16.8 Å². The Morgan fingerprint density at radius 1 is 0.917 bits per heavy atom. The Balaban J connectivity index is 1.71. The number of nitrogens with one attached hydrogen (secondary N) is 2. The molecule has 3 rings (SSSR count). The molecule has 0 fully saturated rings. The Labute approximate surface area is 138 Å². The summed E-state index contributed by atoms with van der Waals surface area (Å²) in [6.07, 6.45) is 2.75. The smallest absolute Gasteiger partial charge is 0.270 e. The number of carbonyl (C=O) groups excluding carboxylic acids is 2. The number of amides is 2. The van der Waals surface area contributed by atoms with Crippen molar-refractivity contribution in [3.8, 4) is 0 Å². The highest BCUT2D eigenvalue weighted by atomic mass is 16.2. The first-order valence-corrected chi connectivity index (χ1v) is 7.26. The highest BCUT2D eigenvalue weighted by molar-refractivity contribution is 6.05. The quantitative estimate of drug-likeness (QED) is 0.771. The second-order valence-electron chi connectivity index (χ2n) is 5.21. The van der Waals surface area contributed by atoms with Crippen molar-refractivity contribution in [2.75, 3.05) is 10.7 Å². The summed E-state index contributed by atoms with van der Waals surface area (Å²) in [7, 11) is 0. The van der Waals surface area contributed by atoms with Gasteiger partial charge in [0.25, 0.3) is 11.8 Å². The Morgan fingerprint density at radius 3 is 2.33 bits per heavy atom. The summed E-state index contributed by atoms with van der Waals surface area (Å²) in [5.74, 6) is -0.562. The van der Waals surface area contributed by atoms with Crippen molar-refractivity contribution in [2.45, 2.75) is 6.92 Å². The fourth-order valence-corrected chi connectivity index (χ4v) is 2.09. The van der Waals surface area contributed by atoms with Crippen LogP contribution in [0.15, 0.2) is 61.2 Å². The van der Waals surface area contributed by atoms with Gasteiger partial charge in [-0.25, -0.2) is 4.68 Å². The summed E-state index contributed by atoms with van der Waals surface area (Å²) >= 11 is 0. The molecule has 0 saturated heterocycles. The van der Waals surface area contributed by atoms with Gasteiger partial charge in [0.15, 0.2) is 0 Å². The van der Waals surface area contributed by atoms with Crippen LogP contribution in [0.2, 0.25) is 0 Å². The molecule has 3 aromatic rings. The van der Waals surface area contributed by atoms with Gasteiger partial charge in [0.2, 0.25) is 0 Å². The van der Waals surface area contributed by atoms with Crippen molar-refractivity contribution in [2.24, 2.45) is 0 Å². The van der Waals surface area contributed by atoms with Gasteiger partial charge in [0.1, 0.15) is 12.7 Å². The fraction of sp³-hybridized carbons (Fsp3) is 0.0588. The monoisotopic (exact) mass is 321 g/mol. The molecular weight excluding hydrogens is 306 g/mol. The van der Waals surface area contributed by atoms with Crippen LogP contribution < -0.4 is 10.7 Å². The number of anilines is 1. The van der Waals surface area contributed by atoms with E-state index in [1.807, 2.05) is 19.1 Å². The normalized spacial score (nSPS) is 10.2. The van der Waals surface area contributed by atoms with E-state index < -0.39 is 0 Å².